The van der Waals surface area contributed by atoms with Gasteiger partial charge in [0.05, 0.1) is 0 Å². The van der Waals surface area contributed by atoms with Crippen LogP contribution in [-0.4, -0.2) is 77.1 Å². The summed E-state index contributed by atoms with van der Waals surface area (Å²) in [7, 11) is 2.65. The summed E-state index contributed by atoms with van der Waals surface area (Å²) in [5, 5.41) is 21.7. The Morgan fingerprint density at radius 3 is 1.70 bits per heavy atom. The van der Waals surface area contributed by atoms with Crippen LogP contribution in [0.3, 0.4) is 0 Å². The minimum atomic E-state index is -1.42. The number of hydrazine groups is 1. The molecule has 43 heavy (non-hydrogen) atoms. The topological polar surface area (TPSA) is 235 Å². The molecule has 0 aliphatic rings. The lowest BCUT2D eigenvalue weighted by Gasteiger charge is -2.28. The van der Waals surface area contributed by atoms with E-state index in [1.807, 2.05) is 5.32 Å². The van der Waals surface area contributed by atoms with Crippen molar-refractivity contribution in [1.82, 2.24) is 46.9 Å². The summed E-state index contributed by atoms with van der Waals surface area (Å²) in [6.07, 6.45) is 5.13. The summed E-state index contributed by atoms with van der Waals surface area (Å²) in [6.45, 7) is 3.57. The first-order valence-corrected chi connectivity index (χ1v) is 12.6. The lowest BCUT2D eigenvalue weighted by molar-refractivity contribution is -0.142. The second-order valence-corrected chi connectivity index (χ2v) is 9.22. The molecule has 17 heteroatoms. The molecule has 0 aliphatic heterocycles. The number of pyridine rings is 1. The standard InChI is InChI=1S/C26H30N10O7/c1-15(2)13-19(21(38)36(4)35(3)14-27)29-22(39)31-24(41)33-26(43)34-25(42)32-23(40)30-20(37)18-7-5-16(6-8-18)17-9-11-28-12-10-17/h5-12,15,19H,13H2,1-4H3,(H6,29,30,31,32,33,34,37,39,40,41,42,43). The summed E-state index contributed by atoms with van der Waals surface area (Å²) in [6, 6.07) is 2.09. The zero-order chi connectivity index (χ0) is 32.1. The van der Waals surface area contributed by atoms with E-state index in [4.69, 9.17) is 5.26 Å². The average molecular weight is 595 g/mol. The molecule has 0 bridgehead atoms. The van der Waals surface area contributed by atoms with E-state index in [0.29, 0.717) is 0 Å². The second kappa shape index (κ2) is 15.7. The van der Waals surface area contributed by atoms with Crippen LogP contribution in [0.5, 0.6) is 0 Å². The van der Waals surface area contributed by atoms with Crippen molar-refractivity contribution < 1.29 is 33.6 Å². The fourth-order valence-electron chi connectivity index (χ4n) is 3.40. The third kappa shape index (κ3) is 10.8. The molecule has 17 nitrogen and oxygen atoms in total. The first-order valence-electron chi connectivity index (χ1n) is 12.6. The van der Waals surface area contributed by atoms with Crippen molar-refractivity contribution in [2.24, 2.45) is 5.92 Å². The van der Waals surface area contributed by atoms with Gasteiger partial charge in [0, 0.05) is 32.1 Å². The molecule has 0 saturated heterocycles. The molecule has 0 spiro atoms. The molecule has 1 heterocycles. The fraction of sp³-hybridized carbons (Fsp3) is 0.269. The average Bonchev–Trinajstić information content (AvgIpc) is 2.95. The van der Waals surface area contributed by atoms with Crippen LogP contribution in [0.2, 0.25) is 0 Å². The molecule has 1 atom stereocenters. The summed E-state index contributed by atoms with van der Waals surface area (Å²) >= 11 is 0. The maximum Gasteiger partial charge on any atom is 0.330 e. The molecule has 1 aromatic carbocycles. The van der Waals surface area contributed by atoms with Crippen molar-refractivity contribution >= 4 is 42.0 Å². The number of nitriles is 1. The maximum absolute atomic E-state index is 12.6. The van der Waals surface area contributed by atoms with Crippen molar-refractivity contribution in [3.8, 4) is 17.3 Å². The monoisotopic (exact) mass is 594 g/mol. The molecule has 12 amide bonds. The van der Waals surface area contributed by atoms with Crippen LogP contribution < -0.4 is 31.9 Å². The summed E-state index contributed by atoms with van der Waals surface area (Å²) in [5.41, 5.74) is 1.78. The van der Waals surface area contributed by atoms with Gasteiger partial charge in [0.15, 0.2) is 6.19 Å². The van der Waals surface area contributed by atoms with Crippen LogP contribution in [0.4, 0.5) is 24.0 Å². The Balaban J connectivity index is 1.81. The highest BCUT2D eigenvalue weighted by atomic mass is 16.2. The lowest BCUT2D eigenvalue weighted by Crippen LogP contribution is -2.57. The number of hydrogen-bond donors (Lipinski definition) is 6. The number of rotatable bonds is 7. The van der Waals surface area contributed by atoms with Gasteiger partial charge in [0.1, 0.15) is 6.04 Å². The number of carbonyl (C=O) groups excluding carboxylic acids is 7. The van der Waals surface area contributed by atoms with E-state index in [1.165, 1.54) is 26.2 Å². The fourth-order valence-corrected chi connectivity index (χ4v) is 3.40. The van der Waals surface area contributed by atoms with Crippen molar-refractivity contribution in [2.45, 2.75) is 26.3 Å². The van der Waals surface area contributed by atoms with Gasteiger partial charge < -0.3 is 5.32 Å². The predicted molar refractivity (Wildman–Crippen MR) is 149 cm³/mol. The van der Waals surface area contributed by atoms with Gasteiger partial charge in [-0.1, -0.05) is 26.0 Å². The van der Waals surface area contributed by atoms with Crippen LogP contribution in [0.25, 0.3) is 11.1 Å². The molecule has 226 valence electrons. The number of benzene rings is 1. The number of aromatic nitrogens is 1. The summed E-state index contributed by atoms with van der Waals surface area (Å²) < 4.78 is 0. The molecule has 2 aromatic rings. The van der Waals surface area contributed by atoms with Gasteiger partial charge >= 0.3 is 30.2 Å². The molecular formula is C26H30N10O7. The van der Waals surface area contributed by atoms with Crippen LogP contribution in [0.15, 0.2) is 48.8 Å². The first-order chi connectivity index (χ1) is 20.3. The van der Waals surface area contributed by atoms with E-state index in [2.05, 4.69) is 10.3 Å². The predicted octanol–water partition coefficient (Wildman–Crippen LogP) is 1.23. The third-order valence-corrected chi connectivity index (χ3v) is 5.52. The normalized spacial score (nSPS) is 10.7. The molecule has 0 saturated carbocycles. The van der Waals surface area contributed by atoms with Crippen molar-refractivity contribution in [3.63, 3.8) is 0 Å². The largest absolute Gasteiger partial charge is 0.330 e. The molecule has 2 rings (SSSR count). The summed E-state index contributed by atoms with van der Waals surface area (Å²) in [5.74, 6) is -1.53. The van der Waals surface area contributed by atoms with Gasteiger partial charge in [-0.25, -0.2) is 34.0 Å². The third-order valence-electron chi connectivity index (χ3n) is 5.52. The van der Waals surface area contributed by atoms with Gasteiger partial charge in [-0.3, -0.25) is 41.2 Å². The minimum Gasteiger partial charge on any atom is -0.326 e. The van der Waals surface area contributed by atoms with E-state index in [-0.39, 0.29) is 17.9 Å². The van der Waals surface area contributed by atoms with E-state index in [9.17, 15) is 33.6 Å². The Labute approximate surface area is 245 Å². The molecule has 0 radical (unpaired) electrons. The van der Waals surface area contributed by atoms with Crippen LogP contribution >= 0.6 is 0 Å². The smallest absolute Gasteiger partial charge is 0.326 e. The van der Waals surface area contributed by atoms with E-state index in [1.54, 1.807) is 78.0 Å². The quantitative estimate of drug-likeness (QED) is 0.152. The van der Waals surface area contributed by atoms with Crippen molar-refractivity contribution in [1.29, 1.82) is 5.26 Å². The highest BCUT2D eigenvalue weighted by molar-refractivity contribution is 6.11. The maximum atomic E-state index is 12.6. The summed E-state index contributed by atoms with van der Waals surface area (Å²) in [4.78, 5) is 88.9. The number of likely N-dealkylation sites (N-methyl/N-ethyl adjacent to an activating group) is 1. The van der Waals surface area contributed by atoms with Gasteiger partial charge in [0.25, 0.3) is 11.8 Å². The number of nitrogens with one attached hydrogen (secondary N) is 6. The van der Waals surface area contributed by atoms with E-state index >= 15 is 0 Å². The first kappa shape index (κ1) is 33.2. The van der Waals surface area contributed by atoms with Crippen molar-refractivity contribution in [3.05, 3.63) is 54.4 Å². The van der Waals surface area contributed by atoms with Crippen LogP contribution in [-0.2, 0) is 4.79 Å². The number of carbonyl (C=O) groups is 7. The number of amides is 12. The van der Waals surface area contributed by atoms with Crippen LogP contribution in [0.1, 0.15) is 30.6 Å². The highest BCUT2D eigenvalue weighted by Gasteiger charge is 2.27. The van der Waals surface area contributed by atoms with Gasteiger partial charge in [-0.05, 0) is 47.7 Å². The Bertz CT molecular complexity index is 1410. The minimum absolute atomic E-state index is 0.0567. The molecule has 0 aliphatic carbocycles. The Morgan fingerprint density at radius 1 is 0.744 bits per heavy atom. The second-order valence-electron chi connectivity index (χ2n) is 9.22. The van der Waals surface area contributed by atoms with Gasteiger partial charge in [-0.2, -0.15) is 5.26 Å². The Morgan fingerprint density at radius 2 is 1.21 bits per heavy atom. The number of imide groups is 5. The zero-order valence-corrected chi connectivity index (χ0v) is 23.6. The number of nitrogens with zero attached hydrogens (tertiary/aromatic N) is 4. The molecule has 0 fully saturated rings. The van der Waals surface area contributed by atoms with E-state index in [0.717, 1.165) is 21.1 Å². The van der Waals surface area contributed by atoms with E-state index < -0.39 is 48.0 Å². The zero-order valence-electron chi connectivity index (χ0n) is 23.6. The SMILES string of the molecule is CC(C)CC(NC(=O)NC(=O)NC(=O)NC(=O)NC(=O)NC(=O)c1ccc(-c2ccncc2)cc1)C(=O)N(C)N(C)C#N. The van der Waals surface area contributed by atoms with Crippen molar-refractivity contribution in [2.75, 3.05) is 14.1 Å². The number of urea groups is 5. The highest BCUT2D eigenvalue weighted by Crippen LogP contribution is 2.18. The van der Waals surface area contributed by atoms with Crippen LogP contribution in [0, 0.1) is 17.4 Å². The molecular weight excluding hydrogens is 564 g/mol. The molecule has 1 unspecified atom stereocenters. The van der Waals surface area contributed by atoms with Gasteiger partial charge in [-0.15, -0.1) is 0 Å². The Hall–Kier alpha value is -6.05. The molecule has 1 aromatic heterocycles. The molecule has 6 N–H and O–H groups in total. The lowest BCUT2D eigenvalue weighted by atomic mass is 10.0. The number of hydrogen-bond acceptors (Lipinski definition) is 10. The Kier molecular flexibility index (Phi) is 12.1. The van der Waals surface area contributed by atoms with Gasteiger partial charge in [0.2, 0.25) is 0 Å².